The molecule has 2 amide bonds. The average molecular weight is 254 g/mol. The number of carboxylic acids is 1. The van der Waals surface area contributed by atoms with E-state index in [2.05, 4.69) is 5.10 Å². The molecule has 0 aliphatic carbocycles. The van der Waals surface area contributed by atoms with Crippen molar-refractivity contribution >= 4 is 17.8 Å². The maximum Gasteiger partial charge on any atom is 0.323 e. The third-order valence-corrected chi connectivity index (χ3v) is 2.20. The molecule has 0 bridgehead atoms. The largest absolute Gasteiger partial charge is 0.480 e. The van der Waals surface area contributed by atoms with Crippen LogP contribution in [0.25, 0.3) is 0 Å². The van der Waals surface area contributed by atoms with E-state index in [4.69, 9.17) is 10.8 Å². The molecule has 3 N–H and O–H groups in total. The molecule has 0 aliphatic heterocycles. The van der Waals surface area contributed by atoms with E-state index < -0.39 is 30.9 Å². The molecule has 1 aromatic heterocycles. The predicted octanol–water partition coefficient (Wildman–Crippen LogP) is -1.26. The van der Waals surface area contributed by atoms with E-state index in [-0.39, 0.29) is 5.56 Å². The van der Waals surface area contributed by atoms with E-state index in [1.807, 2.05) is 0 Å². The second-order valence-electron chi connectivity index (χ2n) is 3.82. The molecular formula is C10H14N4O4. The Morgan fingerprint density at radius 3 is 2.44 bits per heavy atom. The number of aliphatic carboxylic acids is 1. The van der Waals surface area contributed by atoms with E-state index in [0.29, 0.717) is 5.69 Å². The summed E-state index contributed by atoms with van der Waals surface area (Å²) in [4.78, 5) is 34.4. The van der Waals surface area contributed by atoms with Crippen LogP contribution in [0.4, 0.5) is 0 Å². The summed E-state index contributed by atoms with van der Waals surface area (Å²) < 4.78 is 1.44. The summed E-state index contributed by atoms with van der Waals surface area (Å²) in [6.45, 7) is 0.589. The minimum Gasteiger partial charge on any atom is -0.480 e. The molecule has 0 saturated heterocycles. The van der Waals surface area contributed by atoms with Crippen molar-refractivity contribution in [1.82, 2.24) is 14.7 Å². The molecule has 1 rings (SSSR count). The van der Waals surface area contributed by atoms with E-state index in [9.17, 15) is 14.4 Å². The Morgan fingerprint density at radius 1 is 1.44 bits per heavy atom. The monoisotopic (exact) mass is 254 g/mol. The van der Waals surface area contributed by atoms with Gasteiger partial charge in [-0.15, -0.1) is 0 Å². The Labute approximate surface area is 103 Å². The zero-order chi connectivity index (χ0) is 13.9. The number of carboxylic acid groups (broad SMARTS) is 1. The smallest absolute Gasteiger partial charge is 0.323 e. The lowest BCUT2D eigenvalue weighted by Gasteiger charge is -2.18. The Hall–Kier alpha value is -2.38. The summed E-state index contributed by atoms with van der Waals surface area (Å²) >= 11 is 0. The van der Waals surface area contributed by atoms with Gasteiger partial charge >= 0.3 is 5.97 Å². The Kier molecular flexibility index (Phi) is 4.03. The Morgan fingerprint density at radius 2 is 2.06 bits per heavy atom. The first-order valence-corrected chi connectivity index (χ1v) is 5.11. The Balaban J connectivity index is 2.97. The van der Waals surface area contributed by atoms with Crippen LogP contribution in [0.15, 0.2) is 6.20 Å². The maximum atomic E-state index is 12.1. The number of amides is 2. The minimum absolute atomic E-state index is 0.250. The molecule has 1 aromatic rings. The van der Waals surface area contributed by atoms with Crippen molar-refractivity contribution in [2.45, 2.75) is 6.92 Å². The molecule has 1 heterocycles. The van der Waals surface area contributed by atoms with Gasteiger partial charge in [-0.1, -0.05) is 0 Å². The van der Waals surface area contributed by atoms with Gasteiger partial charge in [0.2, 0.25) is 5.91 Å². The lowest BCUT2D eigenvalue weighted by molar-refractivity contribution is -0.138. The molecule has 0 saturated carbocycles. The van der Waals surface area contributed by atoms with Gasteiger partial charge in [-0.25, -0.2) is 0 Å². The van der Waals surface area contributed by atoms with Gasteiger partial charge in [-0.3, -0.25) is 19.1 Å². The van der Waals surface area contributed by atoms with Crippen molar-refractivity contribution in [1.29, 1.82) is 0 Å². The van der Waals surface area contributed by atoms with Crippen LogP contribution in [0.5, 0.6) is 0 Å². The third-order valence-electron chi connectivity index (χ3n) is 2.20. The van der Waals surface area contributed by atoms with Gasteiger partial charge in [0.25, 0.3) is 5.91 Å². The van der Waals surface area contributed by atoms with E-state index >= 15 is 0 Å². The van der Waals surface area contributed by atoms with Gasteiger partial charge in [0.1, 0.15) is 13.1 Å². The first-order chi connectivity index (χ1) is 8.31. The highest BCUT2D eigenvalue weighted by Crippen LogP contribution is 2.08. The number of carbonyl (C=O) groups excluding carboxylic acids is 2. The van der Waals surface area contributed by atoms with Gasteiger partial charge in [0.05, 0.1) is 11.3 Å². The van der Waals surface area contributed by atoms with Crippen molar-refractivity contribution in [2.24, 2.45) is 12.8 Å². The fourth-order valence-electron chi connectivity index (χ4n) is 1.53. The zero-order valence-corrected chi connectivity index (χ0v) is 10.1. The average Bonchev–Trinajstić information content (AvgIpc) is 2.54. The van der Waals surface area contributed by atoms with Gasteiger partial charge < -0.3 is 15.7 Å². The number of nitrogens with zero attached hydrogens (tertiary/aromatic N) is 3. The minimum atomic E-state index is -1.22. The number of carbonyl (C=O) groups is 3. The lowest BCUT2D eigenvalue weighted by Crippen LogP contribution is -2.41. The summed E-state index contributed by atoms with van der Waals surface area (Å²) in [5.41, 5.74) is 5.69. The number of hydrogen-bond acceptors (Lipinski definition) is 4. The van der Waals surface area contributed by atoms with Crippen molar-refractivity contribution in [3.63, 3.8) is 0 Å². The molecule has 0 spiro atoms. The van der Waals surface area contributed by atoms with Crippen LogP contribution in [-0.2, 0) is 16.6 Å². The van der Waals surface area contributed by atoms with Crippen LogP contribution in [0.3, 0.4) is 0 Å². The van der Waals surface area contributed by atoms with Crippen LogP contribution in [-0.4, -0.2) is 50.7 Å². The molecule has 0 atom stereocenters. The molecule has 98 valence electrons. The molecule has 0 radical (unpaired) electrons. The fourth-order valence-corrected chi connectivity index (χ4v) is 1.53. The fraction of sp³-hybridized carbons (Fsp3) is 0.400. The molecule has 0 fully saturated rings. The molecule has 18 heavy (non-hydrogen) atoms. The molecule has 0 aliphatic rings. The van der Waals surface area contributed by atoms with Crippen LogP contribution in [0.2, 0.25) is 0 Å². The normalized spacial score (nSPS) is 10.1. The zero-order valence-electron chi connectivity index (χ0n) is 10.1. The van der Waals surface area contributed by atoms with E-state index in [1.165, 1.54) is 10.9 Å². The second kappa shape index (κ2) is 5.30. The van der Waals surface area contributed by atoms with Crippen LogP contribution >= 0.6 is 0 Å². The summed E-state index contributed by atoms with van der Waals surface area (Å²) in [5, 5.41) is 12.7. The third kappa shape index (κ3) is 3.30. The number of primary amides is 1. The number of rotatable bonds is 5. The van der Waals surface area contributed by atoms with Crippen molar-refractivity contribution < 1.29 is 19.5 Å². The maximum absolute atomic E-state index is 12.1. The van der Waals surface area contributed by atoms with Crippen LogP contribution in [0.1, 0.15) is 16.1 Å². The van der Waals surface area contributed by atoms with E-state index in [0.717, 1.165) is 4.90 Å². The van der Waals surface area contributed by atoms with Gasteiger partial charge in [-0.05, 0) is 6.92 Å². The summed E-state index contributed by atoms with van der Waals surface area (Å²) in [7, 11) is 1.64. The molecule has 0 unspecified atom stereocenters. The number of hydrogen-bond donors (Lipinski definition) is 2. The molecule has 8 nitrogen and oxygen atoms in total. The molecular weight excluding hydrogens is 240 g/mol. The lowest BCUT2D eigenvalue weighted by atomic mass is 10.2. The molecule has 0 aromatic carbocycles. The summed E-state index contributed by atoms with van der Waals surface area (Å²) in [5.74, 6) is -2.57. The van der Waals surface area contributed by atoms with E-state index in [1.54, 1.807) is 14.0 Å². The predicted molar refractivity (Wildman–Crippen MR) is 60.7 cm³/mol. The van der Waals surface area contributed by atoms with Gasteiger partial charge in [0.15, 0.2) is 0 Å². The van der Waals surface area contributed by atoms with Gasteiger partial charge in [-0.2, -0.15) is 5.10 Å². The van der Waals surface area contributed by atoms with Crippen molar-refractivity contribution in [3.8, 4) is 0 Å². The van der Waals surface area contributed by atoms with Crippen LogP contribution in [0, 0.1) is 6.92 Å². The topological polar surface area (TPSA) is 119 Å². The summed E-state index contributed by atoms with van der Waals surface area (Å²) in [6, 6.07) is 0. The van der Waals surface area contributed by atoms with Crippen molar-refractivity contribution in [3.05, 3.63) is 17.5 Å². The first kappa shape index (κ1) is 13.7. The standard InChI is InChI=1S/C10H14N4O4/c1-6-7(3-13(2)12-6)10(18)14(4-8(11)15)5-9(16)17/h3H,4-5H2,1-2H3,(H2,11,15)(H,16,17). The number of aromatic nitrogens is 2. The first-order valence-electron chi connectivity index (χ1n) is 5.11. The highest BCUT2D eigenvalue weighted by molar-refractivity contribution is 5.98. The summed E-state index contributed by atoms with van der Waals surface area (Å²) in [6.07, 6.45) is 1.47. The SMILES string of the molecule is Cc1nn(C)cc1C(=O)N(CC(N)=O)CC(=O)O. The molecule has 8 heteroatoms. The van der Waals surface area contributed by atoms with Crippen molar-refractivity contribution in [2.75, 3.05) is 13.1 Å². The highest BCUT2D eigenvalue weighted by atomic mass is 16.4. The highest BCUT2D eigenvalue weighted by Gasteiger charge is 2.23. The quantitative estimate of drug-likeness (QED) is 0.679. The number of nitrogens with two attached hydrogens (primary N) is 1. The Bertz CT molecular complexity index is 478. The van der Waals surface area contributed by atoms with Crippen LogP contribution < -0.4 is 5.73 Å². The van der Waals surface area contributed by atoms with Gasteiger partial charge in [0, 0.05) is 13.2 Å². The second-order valence-corrected chi connectivity index (χ2v) is 3.82. The number of aryl methyl sites for hydroxylation is 2.